The molecule has 2 N–H and O–H groups in total. The molecule has 0 aliphatic carbocycles. The molecule has 0 bridgehead atoms. The van der Waals surface area contributed by atoms with Gasteiger partial charge in [0.15, 0.2) is 5.78 Å². The van der Waals surface area contributed by atoms with E-state index in [-0.39, 0.29) is 22.8 Å². The molecule has 1 atom stereocenters. The summed E-state index contributed by atoms with van der Waals surface area (Å²) in [6, 6.07) is 1.67. The standard InChI is InChI=1S/C24H34O4/c1-15(2)7-8-17-11-19(21(26)14-25)22(27)20-12-18(28-23(17)20)9-10-24(5,6)13-16(3)4/h7,11,13,18,25,27H,8-10,12,14H2,1-6H3. The SMILES string of the molecule is CC(C)=CCc1cc(C(=O)CO)c(O)c2c1OC(CCC(C)(C)C=C(C)C)C2. The van der Waals surface area contributed by atoms with Crippen molar-refractivity contribution in [2.24, 2.45) is 5.41 Å². The van der Waals surface area contributed by atoms with Crippen molar-refractivity contribution in [1.29, 1.82) is 0 Å². The first-order chi connectivity index (χ1) is 13.0. The molecule has 1 heterocycles. The molecule has 0 radical (unpaired) electrons. The van der Waals surface area contributed by atoms with Crippen LogP contribution in [0.5, 0.6) is 11.5 Å². The van der Waals surface area contributed by atoms with Gasteiger partial charge in [0.1, 0.15) is 24.2 Å². The van der Waals surface area contributed by atoms with E-state index >= 15 is 0 Å². The Morgan fingerprint density at radius 3 is 2.50 bits per heavy atom. The average molecular weight is 387 g/mol. The van der Waals surface area contributed by atoms with Crippen LogP contribution in [0.25, 0.3) is 0 Å². The van der Waals surface area contributed by atoms with E-state index < -0.39 is 12.4 Å². The molecule has 1 unspecified atom stereocenters. The van der Waals surface area contributed by atoms with E-state index in [0.29, 0.717) is 24.2 Å². The van der Waals surface area contributed by atoms with Gasteiger partial charge in [-0.05, 0) is 64.0 Å². The topological polar surface area (TPSA) is 66.8 Å². The van der Waals surface area contributed by atoms with Crippen LogP contribution in [0, 0.1) is 5.41 Å². The average Bonchev–Trinajstić information content (AvgIpc) is 3.03. The van der Waals surface area contributed by atoms with Crippen molar-refractivity contribution in [3.8, 4) is 11.5 Å². The van der Waals surface area contributed by atoms with Crippen LogP contribution in [0.3, 0.4) is 0 Å². The number of ketones is 1. The van der Waals surface area contributed by atoms with Crippen LogP contribution in [0.15, 0.2) is 29.4 Å². The van der Waals surface area contributed by atoms with Crippen molar-refractivity contribution in [2.75, 3.05) is 6.61 Å². The lowest BCUT2D eigenvalue weighted by Gasteiger charge is -2.23. The van der Waals surface area contributed by atoms with Gasteiger partial charge < -0.3 is 14.9 Å². The van der Waals surface area contributed by atoms with Gasteiger partial charge >= 0.3 is 0 Å². The number of fused-ring (bicyclic) bond motifs is 1. The van der Waals surface area contributed by atoms with Crippen LogP contribution in [0.1, 0.15) is 75.9 Å². The Balaban J connectivity index is 2.29. The van der Waals surface area contributed by atoms with Gasteiger partial charge in [-0.25, -0.2) is 0 Å². The monoisotopic (exact) mass is 386 g/mol. The Bertz CT molecular complexity index is 791. The zero-order valence-electron chi connectivity index (χ0n) is 18.1. The van der Waals surface area contributed by atoms with Crippen LogP contribution >= 0.6 is 0 Å². The van der Waals surface area contributed by atoms with E-state index in [2.05, 4.69) is 39.8 Å². The summed E-state index contributed by atoms with van der Waals surface area (Å²) in [5.74, 6) is 0.197. The highest BCUT2D eigenvalue weighted by atomic mass is 16.5. The van der Waals surface area contributed by atoms with Gasteiger partial charge in [-0.15, -0.1) is 0 Å². The summed E-state index contributed by atoms with van der Waals surface area (Å²) in [6.07, 6.45) is 7.40. The highest BCUT2D eigenvalue weighted by Gasteiger charge is 2.32. The van der Waals surface area contributed by atoms with E-state index in [9.17, 15) is 15.0 Å². The van der Waals surface area contributed by atoms with E-state index in [4.69, 9.17) is 4.74 Å². The molecule has 1 aliphatic rings. The summed E-state index contributed by atoms with van der Waals surface area (Å²) in [5.41, 5.74) is 4.33. The fourth-order valence-corrected chi connectivity index (χ4v) is 3.86. The molecule has 2 rings (SSSR count). The number of aromatic hydroxyl groups is 1. The number of phenolic OH excluding ortho intramolecular Hbond substituents is 1. The Morgan fingerprint density at radius 1 is 1.25 bits per heavy atom. The quantitative estimate of drug-likeness (QED) is 0.479. The molecule has 0 saturated heterocycles. The van der Waals surface area contributed by atoms with E-state index in [1.807, 2.05) is 13.8 Å². The number of hydrogen-bond donors (Lipinski definition) is 2. The molecule has 0 fully saturated rings. The third kappa shape index (κ3) is 5.48. The first-order valence-corrected chi connectivity index (χ1v) is 10.0. The van der Waals surface area contributed by atoms with Gasteiger partial charge in [0, 0.05) is 12.0 Å². The van der Waals surface area contributed by atoms with Gasteiger partial charge in [-0.3, -0.25) is 4.79 Å². The summed E-state index contributed by atoms with van der Waals surface area (Å²) in [4.78, 5) is 12.1. The van der Waals surface area contributed by atoms with Gasteiger partial charge in [0.2, 0.25) is 0 Å². The summed E-state index contributed by atoms with van der Waals surface area (Å²) >= 11 is 0. The summed E-state index contributed by atoms with van der Waals surface area (Å²) in [6.45, 7) is 12.1. The molecular weight excluding hydrogens is 352 g/mol. The van der Waals surface area contributed by atoms with Crippen LogP contribution in [-0.2, 0) is 12.8 Å². The Hall–Kier alpha value is -2.07. The highest BCUT2D eigenvalue weighted by molar-refractivity contribution is 6.00. The summed E-state index contributed by atoms with van der Waals surface area (Å²) in [5, 5.41) is 19.9. The molecule has 154 valence electrons. The minimum Gasteiger partial charge on any atom is -0.507 e. The van der Waals surface area contributed by atoms with Crippen molar-refractivity contribution in [3.05, 3.63) is 46.1 Å². The fourth-order valence-electron chi connectivity index (χ4n) is 3.86. The van der Waals surface area contributed by atoms with Crippen LogP contribution in [-0.4, -0.2) is 28.7 Å². The molecule has 1 aromatic carbocycles. The van der Waals surface area contributed by atoms with Crippen molar-refractivity contribution in [2.45, 2.75) is 73.3 Å². The maximum Gasteiger partial charge on any atom is 0.191 e. The Labute approximate surface area is 168 Å². The molecule has 0 saturated carbocycles. The normalized spacial score (nSPS) is 15.6. The maximum atomic E-state index is 12.1. The third-order valence-electron chi connectivity index (χ3n) is 5.11. The van der Waals surface area contributed by atoms with E-state index in [1.165, 1.54) is 11.1 Å². The molecule has 0 aromatic heterocycles. The Morgan fingerprint density at radius 2 is 1.93 bits per heavy atom. The number of ether oxygens (including phenoxy) is 1. The minimum atomic E-state index is -0.615. The van der Waals surface area contributed by atoms with Crippen LogP contribution in [0.4, 0.5) is 0 Å². The number of carbonyl (C=O) groups excluding carboxylic acids is 1. The van der Waals surface area contributed by atoms with E-state index in [0.717, 1.165) is 18.4 Å². The predicted molar refractivity (Wildman–Crippen MR) is 113 cm³/mol. The second kappa shape index (κ2) is 8.95. The highest BCUT2D eigenvalue weighted by Crippen LogP contribution is 2.43. The summed E-state index contributed by atoms with van der Waals surface area (Å²) < 4.78 is 6.24. The van der Waals surface area contributed by atoms with Gasteiger partial charge in [-0.2, -0.15) is 0 Å². The number of hydrogen-bond acceptors (Lipinski definition) is 4. The number of allylic oxidation sites excluding steroid dienone is 4. The first kappa shape index (κ1) is 22.2. The number of aliphatic hydroxyl groups is 1. The number of aliphatic hydroxyl groups excluding tert-OH is 1. The predicted octanol–water partition coefficient (Wildman–Crippen LogP) is 5.15. The van der Waals surface area contributed by atoms with Crippen molar-refractivity contribution in [1.82, 2.24) is 0 Å². The molecule has 4 nitrogen and oxygen atoms in total. The van der Waals surface area contributed by atoms with Gasteiger partial charge in [0.05, 0.1) is 5.56 Å². The second-order valence-electron chi connectivity index (χ2n) is 9.00. The van der Waals surface area contributed by atoms with Gasteiger partial charge in [-0.1, -0.05) is 37.1 Å². The molecule has 1 aliphatic heterocycles. The molecule has 4 heteroatoms. The molecule has 0 spiro atoms. The lowest BCUT2D eigenvalue weighted by atomic mass is 9.84. The van der Waals surface area contributed by atoms with E-state index in [1.54, 1.807) is 6.07 Å². The summed E-state index contributed by atoms with van der Waals surface area (Å²) in [7, 11) is 0. The van der Waals surface area contributed by atoms with Crippen molar-refractivity contribution < 1.29 is 19.7 Å². The molecular formula is C24H34O4. The van der Waals surface area contributed by atoms with Crippen molar-refractivity contribution >= 4 is 5.78 Å². The van der Waals surface area contributed by atoms with Crippen LogP contribution < -0.4 is 4.74 Å². The smallest absolute Gasteiger partial charge is 0.191 e. The maximum absolute atomic E-state index is 12.1. The fraction of sp³-hybridized carbons (Fsp3) is 0.542. The second-order valence-corrected chi connectivity index (χ2v) is 9.00. The minimum absolute atomic E-state index is 0.0179. The number of benzene rings is 1. The lowest BCUT2D eigenvalue weighted by Crippen LogP contribution is -2.18. The Kier molecular flexibility index (Phi) is 7.11. The lowest BCUT2D eigenvalue weighted by molar-refractivity contribution is 0.0900. The molecule has 28 heavy (non-hydrogen) atoms. The number of phenols is 1. The first-order valence-electron chi connectivity index (χ1n) is 10.0. The number of Topliss-reactive ketones (excluding diaryl/α,β-unsaturated/α-hetero) is 1. The van der Waals surface area contributed by atoms with Crippen LogP contribution in [0.2, 0.25) is 0 Å². The third-order valence-corrected chi connectivity index (χ3v) is 5.11. The largest absolute Gasteiger partial charge is 0.507 e. The number of carbonyl (C=O) groups is 1. The zero-order valence-corrected chi connectivity index (χ0v) is 18.1. The molecule has 0 amide bonds. The zero-order chi connectivity index (χ0) is 21.1. The number of rotatable bonds is 8. The molecule has 1 aromatic rings. The van der Waals surface area contributed by atoms with Gasteiger partial charge in [0.25, 0.3) is 0 Å². The van der Waals surface area contributed by atoms with Crippen molar-refractivity contribution in [3.63, 3.8) is 0 Å².